The fourth-order valence-corrected chi connectivity index (χ4v) is 3.22. The minimum atomic E-state index is -0.211. The first-order chi connectivity index (χ1) is 11.5. The smallest absolute Gasteiger partial charge is 0.225 e. The van der Waals surface area contributed by atoms with Gasteiger partial charge >= 0.3 is 0 Å². The summed E-state index contributed by atoms with van der Waals surface area (Å²) in [6.07, 6.45) is 0.281. The third-order valence-electron chi connectivity index (χ3n) is 4.48. The van der Waals surface area contributed by atoms with E-state index in [4.69, 9.17) is 0 Å². The molecule has 2 aromatic carbocycles. The summed E-state index contributed by atoms with van der Waals surface area (Å²) >= 11 is 0. The monoisotopic (exact) mass is 320 g/mol. The predicted molar refractivity (Wildman–Crippen MR) is 91.3 cm³/mol. The number of phenols is 2. The molecule has 1 amide bonds. The molecule has 0 aliphatic carbocycles. The zero-order chi connectivity index (χ0) is 16.8. The third kappa shape index (κ3) is 2.25. The molecule has 3 N–H and O–H groups in total. The molecule has 0 unspecified atom stereocenters. The van der Waals surface area contributed by atoms with Crippen molar-refractivity contribution in [2.24, 2.45) is 0 Å². The molecule has 120 valence electrons. The number of para-hydroxylation sites is 1. The van der Waals surface area contributed by atoms with Crippen molar-refractivity contribution < 1.29 is 15.0 Å². The highest BCUT2D eigenvalue weighted by Crippen LogP contribution is 2.40. The standard InChI is InChI=1S/C19H16N2O3/c1-10-7-12-13(8-18(24)20-15(12)9-17(10)23)14-6-5-11-3-2-4-16(22)19(11)21-14/h2-7,9,13,22-23H,8H2,1H3,(H,20,24)/t13-/m0/s1. The van der Waals surface area contributed by atoms with Crippen LogP contribution in [0.5, 0.6) is 11.5 Å². The Bertz CT molecular complexity index is 982. The van der Waals surface area contributed by atoms with Crippen LogP contribution in [0.2, 0.25) is 0 Å². The second-order valence-electron chi connectivity index (χ2n) is 6.12. The second-order valence-corrected chi connectivity index (χ2v) is 6.12. The quantitative estimate of drug-likeness (QED) is 0.641. The Morgan fingerprint density at radius 3 is 2.79 bits per heavy atom. The Balaban J connectivity index is 1.90. The molecule has 5 nitrogen and oxygen atoms in total. The normalized spacial score (nSPS) is 16.7. The minimum Gasteiger partial charge on any atom is -0.508 e. The van der Waals surface area contributed by atoms with Gasteiger partial charge in [0.2, 0.25) is 5.91 Å². The van der Waals surface area contributed by atoms with Crippen LogP contribution in [0.25, 0.3) is 10.9 Å². The highest BCUT2D eigenvalue weighted by Gasteiger charge is 2.28. The molecule has 3 aromatic rings. The van der Waals surface area contributed by atoms with Gasteiger partial charge in [0.25, 0.3) is 0 Å². The number of carbonyl (C=O) groups is 1. The fraction of sp³-hybridized carbons (Fsp3) is 0.158. The molecule has 5 heteroatoms. The fourth-order valence-electron chi connectivity index (χ4n) is 3.22. The molecule has 1 atom stereocenters. The minimum absolute atomic E-state index is 0.116. The zero-order valence-corrected chi connectivity index (χ0v) is 13.1. The predicted octanol–water partition coefficient (Wildman–Crippen LogP) is 3.43. The SMILES string of the molecule is Cc1cc2c(cc1O)NC(=O)C[C@@H]2c1ccc2cccc(O)c2n1. The molecule has 4 rings (SSSR count). The number of nitrogens with one attached hydrogen (secondary N) is 1. The van der Waals surface area contributed by atoms with Gasteiger partial charge in [-0.1, -0.05) is 18.2 Å². The van der Waals surface area contributed by atoms with Gasteiger partial charge in [0.15, 0.2) is 0 Å². The van der Waals surface area contributed by atoms with Crippen molar-refractivity contribution in [1.29, 1.82) is 0 Å². The number of hydrogen-bond donors (Lipinski definition) is 3. The summed E-state index contributed by atoms with van der Waals surface area (Å²) in [6, 6.07) is 12.5. The largest absolute Gasteiger partial charge is 0.508 e. The number of carbonyl (C=O) groups excluding carboxylic acids is 1. The van der Waals surface area contributed by atoms with Gasteiger partial charge in [-0.25, -0.2) is 4.98 Å². The van der Waals surface area contributed by atoms with Gasteiger partial charge in [0.1, 0.15) is 17.0 Å². The zero-order valence-electron chi connectivity index (χ0n) is 13.1. The Kier molecular flexibility index (Phi) is 3.16. The number of anilines is 1. The Labute approximate surface area is 138 Å². The summed E-state index contributed by atoms with van der Waals surface area (Å²) in [4.78, 5) is 16.7. The molecule has 0 saturated carbocycles. The van der Waals surface area contributed by atoms with Gasteiger partial charge in [0.05, 0.1) is 0 Å². The van der Waals surface area contributed by atoms with Crippen molar-refractivity contribution in [3.8, 4) is 11.5 Å². The van der Waals surface area contributed by atoms with Gasteiger partial charge in [-0.05, 0) is 36.2 Å². The first-order valence-electron chi connectivity index (χ1n) is 7.75. The Morgan fingerprint density at radius 1 is 1.12 bits per heavy atom. The van der Waals surface area contributed by atoms with E-state index in [1.807, 2.05) is 31.2 Å². The molecule has 1 aromatic heterocycles. The lowest BCUT2D eigenvalue weighted by Gasteiger charge is -2.26. The molecule has 1 aliphatic rings. The lowest BCUT2D eigenvalue weighted by atomic mass is 9.86. The summed E-state index contributed by atoms with van der Waals surface area (Å²) in [5, 5.41) is 23.6. The van der Waals surface area contributed by atoms with Crippen LogP contribution in [0.15, 0.2) is 42.5 Å². The molecule has 0 bridgehead atoms. The van der Waals surface area contributed by atoms with Crippen LogP contribution < -0.4 is 5.32 Å². The maximum absolute atomic E-state index is 12.1. The van der Waals surface area contributed by atoms with Crippen molar-refractivity contribution in [2.75, 3.05) is 5.32 Å². The summed E-state index contributed by atoms with van der Waals surface area (Å²) in [5.41, 5.74) is 3.53. The van der Waals surface area contributed by atoms with E-state index in [9.17, 15) is 15.0 Å². The molecule has 1 aliphatic heterocycles. The molecule has 2 heterocycles. The molecule has 0 saturated heterocycles. The molecule has 0 fully saturated rings. The number of aromatic hydroxyl groups is 2. The topological polar surface area (TPSA) is 82.5 Å². The number of rotatable bonds is 1. The summed E-state index contributed by atoms with van der Waals surface area (Å²) in [6.45, 7) is 1.82. The number of benzene rings is 2. The van der Waals surface area contributed by atoms with Crippen LogP contribution in [0.3, 0.4) is 0 Å². The van der Waals surface area contributed by atoms with Crippen molar-refractivity contribution in [3.05, 3.63) is 59.3 Å². The number of nitrogens with zero attached hydrogens (tertiary/aromatic N) is 1. The highest BCUT2D eigenvalue weighted by atomic mass is 16.3. The maximum atomic E-state index is 12.1. The molecular weight excluding hydrogens is 304 g/mol. The van der Waals surface area contributed by atoms with E-state index in [1.54, 1.807) is 18.2 Å². The van der Waals surface area contributed by atoms with Crippen molar-refractivity contribution >= 4 is 22.5 Å². The summed E-state index contributed by atoms with van der Waals surface area (Å²) in [7, 11) is 0. The van der Waals surface area contributed by atoms with Gasteiger partial charge in [-0.2, -0.15) is 0 Å². The Morgan fingerprint density at radius 2 is 1.96 bits per heavy atom. The number of aromatic nitrogens is 1. The maximum Gasteiger partial charge on any atom is 0.225 e. The third-order valence-corrected chi connectivity index (χ3v) is 4.48. The van der Waals surface area contributed by atoms with E-state index in [0.29, 0.717) is 11.2 Å². The average Bonchev–Trinajstić information content (AvgIpc) is 2.56. The molecular formula is C19H16N2O3. The van der Waals surface area contributed by atoms with Crippen LogP contribution in [0.1, 0.15) is 29.2 Å². The van der Waals surface area contributed by atoms with Gasteiger partial charge < -0.3 is 15.5 Å². The van der Waals surface area contributed by atoms with Crippen molar-refractivity contribution in [2.45, 2.75) is 19.3 Å². The van der Waals surface area contributed by atoms with Crippen molar-refractivity contribution in [3.63, 3.8) is 0 Å². The van der Waals surface area contributed by atoms with E-state index in [0.717, 1.165) is 22.2 Å². The second kappa shape index (κ2) is 5.23. The van der Waals surface area contributed by atoms with Gasteiger partial charge in [0, 0.05) is 35.2 Å². The first kappa shape index (κ1) is 14.5. The molecule has 0 radical (unpaired) electrons. The highest BCUT2D eigenvalue weighted by molar-refractivity contribution is 5.96. The lowest BCUT2D eigenvalue weighted by Crippen LogP contribution is -2.24. The van der Waals surface area contributed by atoms with E-state index in [-0.39, 0.29) is 29.7 Å². The van der Waals surface area contributed by atoms with Crippen LogP contribution in [0, 0.1) is 6.92 Å². The molecule has 0 spiro atoms. The number of hydrogen-bond acceptors (Lipinski definition) is 4. The van der Waals surface area contributed by atoms with Gasteiger partial charge in [-0.3, -0.25) is 4.79 Å². The van der Waals surface area contributed by atoms with Crippen LogP contribution in [-0.2, 0) is 4.79 Å². The lowest BCUT2D eigenvalue weighted by molar-refractivity contribution is -0.116. The first-order valence-corrected chi connectivity index (χ1v) is 7.75. The number of phenolic OH excluding ortho intramolecular Hbond substituents is 2. The van der Waals surface area contributed by atoms with E-state index < -0.39 is 0 Å². The summed E-state index contributed by atoms with van der Waals surface area (Å²) < 4.78 is 0. The van der Waals surface area contributed by atoms with Crippen LogP contribution in [0.4, 0.5) is 5.69 Å². The Hall–Kier alpha value is -3.08. The van der Waals surface area contributed by atoms with Crippen LogP contribution >= 0.6 is 0 Å². The van der Waals surface area contributed by atoms with Gasteiger partial charge in [-0.15, -0.1) is 0 Å². The number of pyridine rings is 1. The van der Waals surface area contributed by atoms with Crippen LogP contribution in [-0.4, -0.2) is 21.1 Å². The average molecular weight is 320 g/mol. The number of aryl methyl sites for hydroxylation is 1. The van der Waals surface area contributed by atoms with Crippen molar-refractivity contribution in [1.82, 2.24) is 4.98 Å². The summed E-state index contributed by atoms with van der Waals surface area (Å²) in [5.74, 6) is -0.0532. The number of fused-ring (bicyclic) bond motifs is 2. The van der Waals surface area contributed by atoms with E-state index in [2.05, 4.69) is 10.3 Å². The molecule has 24 heavy (non-hydrogen) atoms. The van der Waals surface area contributed by atoms with E-state index in [1.165, 1.54) is 0 Å². The van der Waals surface area contributed by atoms with E-state index >= 15 is 0 Å². The number of amides is 1.